The molecule has 0 saturated heterocycles. The molecule has 21 N–H and O–H groups in total. The Labute approximate surface area is 516 Å². The van der Waals surface area contributed by atoms with Crippen LogP contribution in [0.25, 0.3) is 10.9 Å². The van der Waals surface area contributed by atoms with E-state index in [1.54, 1.807) is 26.1 Å². The first-order valence-corrected chi connectivity index (χ1v) is 28.5. The van der Waals surface area contributed by atoms with Crippen molar-refractivity contribution in [2.45, 2.75) is 140 Å². The fourth-order valence-electron chi connectivity index (χ4n) is 9.10. The molecule has 0 aliphatic rings. The summed E-state index contributed by atoms with van der Waals surface area (Å²) in [5, 5.41) is 63.2. The summed E-state index contributed by atoms with van der Waals surface area (Å²) in [5.41, 5.74) is 17.1. The molecule has 488 valence electrons. The van der Waals surface area contributed by atoms with Crippen LogP contribution in [-0.4, -0.2) is 165 Å². The number of primary amides is 2. The molecule has 4 rings (SSSR count). The number of benzene rings is 3. The first kappa shape index (κ1) is 72.1. The van der Waals surface area contributed by atoms with E-state index < -0.39 is 157 Å². The van der Waals surface area contributed by atoms with Gasteiger partial charge in [-0.15, -0.1) is 0 Å². The number of hydrogen-bond donors (Lipinski definition) is 19. The highest BCUT2D eigenvalue weighted by atomic mass is 19.1. The smallest absolute Gasteiger partial charge is 0.334 e. The van der Waals surface area contributed by atoms with Crippen molar-refractivity contribution in [2.75, 3.05) is 13.6 Å². The number of carbonyl (C=O) groups excluding carboxylic acids is 11. The van der Waals surface area contributed by atoms with Gasteiger partial charge in [0.15, 0.2) is 5.96 Å². The van der Waals surface area contributed by atoms with Gasteiger partial charge in [-0.25, -0.2) is 14.6 Å². The number of carboxylic acid groups (broad SMARTS) is 1. The van der Waals surface area contributed by atoms with Crippen LogP contribution in [0.15, 0.2) is 79.0 Å². The summed E-state index contributed by atoms with van der Waals surface area (Å²) in [4.78, 5) is 163. The molecule has 3 aromatic carbocycles. The minimum Gasteiger partial charge on any atom is -0.508 e. The molecule has 0 saturated carbocycles. The zero-order chi connectivity index (χ0) is 66.8. The maximum atomic E-state index is 15.2. The van der Waals surface area contributed by atoms with E-state index in [0.717, 1.165) is 30.8 Å². The van der Waals surface area contributed by atoms with E-state index in [4.69, 9.17) is 16.9 Å². The first-order valence-electron chi connectivity index (χ1n) is 28.5. The lowest BCUT2D eigenvalue weighted by Crippen LogP contribution is -2.62. The Morgan fingerprint density at radius 3 is 1.77 bits per heavy atom. The highest BCUT2D eigenvalue weighted by Gasteiger charge is 2.36. The van der Waals surface area contributed by atoms with E-state index in [-0.39, 0.29) is 61.8 Å². The van der Waals surface area contributed by atoms with Crippen molar-refractivity contribution in [3.05, 3.63) is 102 Å². The second-order valence-electron chi connectivity index (χ2n) is 21.5. The Morgan fingerprint density at radius 1 is 0.611 bits per heavy atom. The second-order valence-corrected chi connectivity index (χ2v) is 21.5. The summed E-state index contributed by atoms with van der Waals surface area (Å²) in [7, 11) is 1.52. The molecule has 0 radical (unpaired) electrons. The van der Waals surface area contributed by atoms with Gasteiger partial charge in [0.2, 0.25) is 53.2 Å². The third kappa shape index (κ3) is 24.0. The molecule has 1 aromatic heterocycles. The summed E-state index contributed by atoms with van der Waals surface area (Å²) in [6.45, 7) is 5.76. The van der Waals surface area contributed by atoms with E-state index in [0.29, 0.717) is 11.1 Å². The molecule has 1 unspecified atom stereocenters. The molecule has 0 fully saturated rings. The van der Waals surface area contributed by atoms with Crippen LogP contribution in [0.2, 0.25) is 0 Å². The van der Waals surface area contributed by atoms with Gasteiger partial charge in [0.25, 0.3) is 5.91 Å². The van der Waals surface area contributed by atoms with E-state index in [9.17, 15) is 72.9 Å². The summed E-state index contributed by atoms with van der Waals surface area (Å²) in [5.74, 6) is -13.2. The number of carbonyl (C=O) groups is 12. The predicted octanol–water partition coefficient (Wildman–Crippen LogP) is -2.67. The third-order valence-electron chi connectivity index (χ3n) is 13.7. The number of aromatic hydroxyl groups is 1. The van der Waals surface area contributed by atoms with Crippen LogP contribution >= 0.6 is 0 Å². The number of fused-ring (bicyclic) bond motifs is 1. The quantitative estimate of drug-likeness (QED) is 0.00981. The molecule has 0 aliphatic heterocycles. The van der Waals surface area contributed by atoms with E-state index >= 15 is 4.39 Å². The monoisotopic (exact) mass is 1260 g/mol. The standard InChI is InChI=1S/C58H79FN16O15/c1-29(2)23-42(52(85)67-39(15-10-22-64-57(62)63-5)50(83)69-41(49(61)82)26-34-28-65-38-14-9-7-12-36(34)38)72-58(90)75-74-55(88)44(25-33-11-6-8-13-37(33)59)71-56(89)48(30(3)76)73-54(87)45(27-46(60)79)70-51(84)40(20-21-47(80)81)68-53(86)43(66-31(4)77)24-32-16-18-35(78)19-17-32/h6-9,11-14,16-19,28-30,39-45,48,65,76,78H,10,15,20-27H2,1-5H3,(H2,60,79)(H2,61,82)(H,66,77)(H,67,85)(H,68,86)(H,69,83)(H,70,84)(H,71,89)(H,73,87)(H,74,88)(H,80,81)(H3,62,63,64)(H2,72,75,90)/t30-,39+,40+,41+,42+,43-,44+,45+,48?/m1/s1. The molecule has 9 atom stereocenters. The number of nitrogens with two attached hydrogens (primary N) is 2. The lowest BCUT2D eigenvalue weighted by atomic mass is 10.0. The zero-order valence-corrected chi connectivity index (χ0v) is 50.1. The molecular weight excluding hydrogens is 1180 g/mol. The van der Waals surface area contributed by atoms with Crippen molar-refractivity contribution < 1.29 is 77.2 Å². The number of amides is 12. The number of phenols is 1. The largest absolute Gasteiger partial charge is 0.508 e. The van der Waals surface area contributed by atoms with Gasteiger partial charge >= 0.3 is 12.0 Å². The minimum atomic E-state index is -2.04. The normalized spacial score (nSPS) is 14.0. The van der Waals surface area contributed by atoms with Crippen molar-refractivity contribution in [2.24, 2.45) is 17.4 Å². The van der Waals surface area contributed by atoms with Gasteiger partial charge in [-0.3, -0.25) is 63.6 Å². The number of aliphatic carboxylic acids is 1. The highest BCUT2D eigenvalue weighted by molar-refractivity contribution is 5.99. The molecule has 31 nitrogen and oxygen atoms in total. The van der Waals surface area contributed by atoms with Crippen molar-refractivity contribution in [3.63, 3.8) is 0 Å². The average molecular weight is 1260 g/mol. The Kier molecular flexibility index (Phi) is 28.4. The number of aliphatic hydroxyl groups excluding tert-OH is 1. The van der Waals surface area contributed by atoms with E-state index in [2.05, 4.69) is 69.0 Å². The zero-order valence-electron chi connectivity index (χ0n) is 50.1. The number of para-hydroxylation sites is 1. The molecule has 90 heavy (non-hydrogen) atoms. The Bertz CT molecular complexity index is 3220. The molecular formula is C58H79FN16O15. The maximum absolute atomic E-state index is 15.2. The SMILES string of the molecule is CNC(=N)NCCC[C@H](NC(=O)[C@H](CC(C)C)NC(=O)NNC(=O)[C@H](Cc1ccccc1F)NC(=O)C(NC(=O)[C@H](CC(N)=O)NC(=O)[C@H](CCC(=O)O)NC(=O)[C@@H](Cc1ccc(O)cc1)NC(C)=O)[C@@H](C)O)C(=O)N[C@@H](Cc1c[nH]c2ccccc12)C(N)=O. The van der Waals surface area contributed by atoms with Crippen LogP contribution < -0.4 is 75.5 Å². The number of aliphatic hydroxyl groups is 1. The fraction of sp³-hybridized carbons (Fsp3) is 0.431. The fourth-order valence-corrected chi connectivity index (χ4v) is 9.10. The molecule has 4 aromatic rings. The van der Waals surface area contributed by atoms with Gasteiger partial charge < -0.3 is 84.9 Å². The van der Waals surface area contributed by atoms with Crippen LogP contribution in [0.5, 0.6) is 5.75 Å². The summed E-state index contributed by atoms with van der Waals surface area (Å²) >= 11 is 0. The van der Waals surface area contributed by atoms with Gasteiger partial charge in [0, 0.05) is 63.3 Å². The van der Waals surface area contributed by atoms with Crippen LogP contribution in [0, 0.1) is 17.1 Å². The van der Waals surface area contributed by atoms with E-state index in [1.165, 1.54) is 49.5 Å². The van der Waals surface area contributed by atoms with Crippen LogP contribution in [0.1, 0.15) is 82.9 Å². The third-order valence-corrected chi connectivity index (χ3v) is 13.7. The molecule has 1 heterocycles. The van der Waals surface area contributed by atoms with Crippen LogP contribution in [0.4, 0.5) is 9.18 Å². The van der Waals surface area contributed by atoms with Crippen molar-refractivity contribution in [1.82, 2.24) is 69.0 Å². The average Bonchev–Trinajstić information content (AvgIpc) is 1.90. The second kappa shape index (κ2) is 35.4. The number of aromatic amines is 1. The van der Waals surface area contributed by atoms with Crippen molar-refractivity contribution in [1.29, 1.82) is 5.41 Å². The topological polar surface area (TPSA) is 502 Å². The summed E-state index contributed by atoms with van der Waals surface area (Å²) in [6, 6.07) is 3.70. The van der Waals surface area contributed by atoms with Gasteiger partial charge in [-0.1, -0.05) is 62.4 Å². The number of phenolic OH excluding ortho intramolecular Hbond substituents is 1. The highest BCUT2D eigenvalue weighted by Crippen LogP contribution is 2.20. The number of rotatable bonds is 34. The summed E-state index contributed by atoms with van der Waals surface area (Å²) < 4.78 is 15.2. The van der Waals surface area contributed by atoms with Gasteiger partial charge in [0.1, 0.15) is 59.9 Å². The number of guanidine groups is 1. The van der Waals surface area contributed by atoms with E-state index in [1.807, 2.05) is 18.2 Å². The number of H-pyrrole nitrogens is 1. The maximum Gasteiger partial charge on any atom is 0.334 e. The Morgan fingerprint density at radius 2 is 1.17 bits per heavy atom. The molecule has 32 heteroatoms. The van der Waals surface area contributed by atoms with Crippen LogP contribution in [0.3, 0.4) is 0 Å². The first-order chi connectivity index (χ1) is 42.5. The number of hydrogen-bond acceptors (Lipinski definition) is 15. The molecule has 0 aliphatic carbocycles. The summed E-state index contributed by atoms with van der Waals surface area (Å²) in [6.07, 6.45) is -3.15. The number of carboxylic acids is 1. The number of nitrogens with one attached hydrogen (secondary N) is 14. The number of halogens is 1. The Hall–Kier alpha value is -10.4. The predicted molar refractivity (Wildman–Crippen MR) is 322 cm³/mol. The number of urea groups is 1. The lowest BCUT2D eigenvalue weighted by Gasteiger charge is -2.28. The van der Waals surface area contributed by atoms with Gasteiger partial charge in [-0.05, 0) is 79.5 Å². The van der Waals surface area contributed by atoms with Gasteiger partial charge in [0.05, 0.1) is 12.5 Å². The van der Waals surface area contributed by atoms with Crippen molar-refractivity contribution >= 4 is 87.9 Å². The lowest BCUT2D eigenvalue weighted by molar-refractivity contribution is -0.139. The van der Waals surface area contributed by atoms with Crippen LogP contribution in [-0.2, 0) is 72.0 Å². The minimum absolute atomic E-state index is 0.0132. The molecule has 0 bridgehead atoms. The molecule has 12 amide bonds. The number of aromatic nitrogens is 1. The molecule has 0 spiro atoms. The number of hydrazine groups is 1. The van der Waals surface area contributed by atoms with Gasteiger partial charge in [-0.2, -0.15) is 0 Å². The van der Waals surface area contributed by atoms with Crippen molar-refractivity contribution in [3.8, 4) is 5.75 Å². The Balaban J connectivity index is 1.52.